The Bertz CT molecular complexity index is 495. The lowest BCUT2D eigenvalue weighted by molar-refractivity contribution is -0.113. The maximum atomic E-state index is 11.6. The van der Waals surface area contributed by atoms with Crippen LogP contribution in [0, 0.1) is 6.92 Å². The Morgan fingerprint density at radius 2 is 1.89 bits per heavy atom. The number of benzene rings is 1. The lowest BCUT2D eigenvalue weighted by Gasteiger charge is -2.06. The summed E-state index contributed by atoms with van der Waals surface area (Å²) in [6.07, 6.45) is 0.375. The molecule has 5 nitrogen and oxygen atoms in total. The zero-order valence-electron chi connectivity index (χ0n) is 10.3. The summed E-state index contributed by atoms with van der Waals surface area (Å²) in [5.41, 5.74) is 6.91. The van der Waals surface area contributed by atoms with Crippen LogP contribution in [0.5, 0.6) is 0 Å². The van der Waals surface area contributed by atoms with E-state index in [0.717, 1.165) is 5.56 Å². The van der Waals surface area contributed by atoms with Crippen LogP contribution in [0.2, 0.25) is 0 Å². The third kappa shape index (κ3) is 5.29. The van der Waals surface area contributed by atoms with E-state index in [2.05, 4.69) is 5.32 Å². The number of hydrogen-bond acceptors (Lipinski definition) is 4. The number of rotatable bonds is 6. The standard InChI is InChI=1S/C12H18N2O3S/c1-10-3-5-11(6-4-10)14-12(15)9-18(16,17)8-2-7-13/h3-6H,2,7-9,13H2,1H3,(H,14,15). The highest BCUT2D eigenvalue weighted by Crippen LogP contribution is 2.08. The number of carbonyl (C=O) groups is 1. The van der Waals surface area contributed by atoms with E-state index in [1.54, 1.807) is 12.1 Å². The van der Waals surface area contributed by atoms with Crippen molar-refractivity contribution in [3.05, 3.63) is 29.8 Å². The van der Waals surface area contributed by atoms with Gasteiger partial charge in [-0.05, 0) is 32.0 Å². The summed E-state index contributed by atoms with van der Waals surface area (Å²) in [6, 6.07) is 7.16. The summed E-state index contributed by atoms with van der Waals surface area (Å²) in [7, 11) is -3.36. The van der Waals surface area contributed by atoms with E-state index in [1.165, 1.54) is 0 Å². The van der Waals surface area contributed by atoms with Gasteiger partial charge in [-0.3, -0.25) is 4.79 Å². The van der Waals surface area contributed by atoms with Gasteiger partial charge >= 0.3 is 0 Å². The zero-order chi connectivity index (χ0) is 13.6. The van der Waals surface area contributed by atoms with Crippen molar-refractivity contribution in [1.82, 2.24) is 0 Å². The van der Waals surface area contributed by atoms with E-state index in [1.807, 2.05) is 19.1 Å². The van der Waals surface area contributed by atoms with Crippen molar-refractivity contribution in [2.24, 2.45) is 5.73 Å². The second-order valence-corrected chi connectivity index (χ2v) is 6.33. The molecule has 100 valence electrons. The average Bonchev–Trinajstić information content (AvgIpc) is 2.29. The molecule has 6 heteroatoms. The van der Waals surface area contributed by atoms with Crippen LogP contribution in [0.25, 0.3) is 0 Å². The topological polar surface area (TPSA) is 89.3 Å². The summed E-state index contributed by atoms with van der Waals surface area (Å²) in [4.78, 5) is 11.6. The molecule has 0 radical (unpaired) electrons. The van der Waals surface area contributed by atoms with Gasteiger partial charge in [-0.25, -0.2) is 8.42 Å². The number of nitrogens with one attached hydrogen (secondary N) is 1. The van der Waals surface area contributed by atoms with Gasteiger partial charge in [0.15, 0.2) is 9.84 Å². The first-order chi connectivity index (χ1) is 8.43. The van der Waals surface area contributed by atoms with Gasteiger partial charge in [-0.2, -0.15) is 0 Å². The molecule has 3 N–H and O–H groups in total. The Balaban J connectivity index is 2.54. The first-order valence-electron chi connectivity index (χ1n) is 5.70. The summed E-state index contributed by atoms with van der Waals surface area (Å²) >= 11 is 0. The molecule has 0 atom stereocenters. The number of nitrogens with two attached hydrogens (primary N) is 1. The van der Waals surface area contributed by atoms with E-state index in [9.17, 15) is 13.2 Å². The summed E-state index contributed by atoms with van der Waals surface area (Å²) in [6.45, 7) is 2.24. The largest absolute Gasteiger partial charge is 0.330 e. The van der Waals surface area contributed by atoms with Crippen LogP contribution in [-0.2, 0) is 14.6 Å². The number of aryl methyl sites for hydroxylation is 1. The molecule has 18 heavy (non-hydrogen) atoms. The van der Waals surface area contributed by atoms with Gasteiger partial charge in [-0.15, -0.1) is 0 Å². The highest BCUT2D eigenvalue weighted by molar-refractivity contribution is 7.92. The van der Waals surface area contributed by atoms with E-state index >= 15 is 0 Å². The molecule has 1 amide bonds. The summed E-state index contributed by atoms with van der Waals surface area (Å²) in [5, 5.41) is 2.55. The molecule has 1 rings (SSSR count). The molecular formula is C12H18N2O3S. The lowest BCUT2D eigenvalue weighted by atomic mass is 10.2. The predicted octanol–water partition coefficient (Wildman–Crippen LogP) is 0.697. The number of hydrogen-bond donors (Lipinski definition) is 2. The van der Waals surface area contributed by atoms with Crippen LogP contribution in [-0.4, -0.2) is 32.4 Å². The van der Waals surface area contributed by atoms with Crippen LogP contribution in [0.3, 0.4) is 0 Å². The second-order valence-electron chi connectivity index (χ2n) is 4.15. The smallest absolute Gasteiger partial charge is 0.239 e. The quantitative estimate of drug-likeness (QED) is 0.796. The van der Waals surface area contributed by atoms with Crippen molar-refractivity contribution in [3.63, 3.8) is 0 Å². The van der Waals surface area contributed by atoms with Crippen LogP contribution >= 0.6 is 0 Å². The molecule has 1 aromatic carbocycles. The van der Waals surface area contributed by atoms with E-state index in [0.29, 0.717) is 18.7 Å². The molecule has 0 saturated carbocycles. The highest BCUT2D eigenvalue weighted by atomic mass is 32.2. The monoisotopic (exact) mass is 270 g/mol. The van der Waals surface area contributed by atoms with Crippen molar-refractivity contribution in [2.75, 3.05) is 23.4 Å². The summed E-state index contributed by atoms with van der Waals surface area (Å²) in [5.74, 6) is -1.07. The average molecular weight is 270 g/mol. The number of sulfone groups is 1. The molecule has 0 aromatic heterocycles. The fourth-order valence-corrected chi connectivity index (χ4v) is 2.63. The van der Waals surface area contributed by atoms with Crippen LogP contribution in [0.15, 0.2) is 24.3 Å². The highest BCUT2D eigenvalue weighted by Gasteiger charge is 2.16. The van der Waals surface area contributed by atoms with Crippen LogP contribution in [0.1, 0.15) is 12.0 Å². The third-order valence-electron chi connectivity index (χ3n) is 2.35. The Morgan fingerprint density at radius 1 is 1.28 bits per heavy atom. The molecule has 1 aromatic rings. The fraction of sp³-hybridized carbons (Fsp3) is 0.417. The van der Waals surface area contributed by atoms with E-state index < -0.39 is 21.5 Å². The van der Waals surface area contributed by atoms with Gasteiger partial charge in [0, 0.05) is 5.69 Å². The number of carbonyl (C=O) groups excluding carboxylic acids is 1. The molecule has 0 aliphatic carbocycles. The van der Waals surface area contributed by atoms with Gasteiger partial charge in [-0.1, -0.05) is 17.7 Å². The number of amides is 1. The third-order valence-corrected chi connectivity index (χ3v) is 3.96. The molecule has 0 aliphatic rings. The molecule has 0 unspecified atom stereocenters. The molecular weight excluding hydrogens is 252 g/mol. The molecule has 0 saturated heterocycles. The first-order valence-corrected chi connectivity index (χ1v) is 7.52. The Kier molecular flexibility index (Phi) is 5.30. The number of anilines is 1. The minimum absolute atomic E-state index is 0.0508. The molecule has 0 fully saturated rings. The van der Waals surface area contributed by atoms with Crippen LogP contribution in [0.4, 0.5) is 5.69 Å². The Hall–Kier alpha value is -1.40. The van der Waals surface area contributed by atoms with Crippen molar-refractivity contribution in [1.29, 1.82) is 0 Å². The molecule has 0 aliphatic heterocycles. The molecule has 0 spiro atoms. The molecule has 0 bridgehead atoms. The minimum Gasteiger partial charge on any atom is -0.330 e. The van der Waals surface area contributed by atoms with Crippen LogP contribution < -0.4 is 11.1 Å². The maximum Gasteiger partial charge on any atom is 0.239 e. The summed E-state index contributed by atoms with van der Waals surface area (Å²) < 4.78 is 23.1. The predicted molar refractivity (Wildman–Crippen MR) is 72.1 cm³/mol. The second kappa shape index (κ2) is 6.51. The normalized spacial score (nSPS) is 11.2. The Morgan fingerprint density at radius 3 is 2.44 bits per heavy atom. The molecule has 0 heterocycles. The van der Waals surface area contributed by atoms with E-state index in [4.69, 9.17) is 5.73 Å². The SMILES string of the molecule is Cc1ccc(NC(=O)CS(=O)(=O)CCCN)cc1. The van der Waals surface area contributed by atoms with Gasteiger partial charge in [0.25, 0.3) is 0 Å². The van der Waals surface area contributed by atoms with E-state index in [-0.39, 0.29) is 5.75 Å². The maximum absolute atomic E-state index is 11.6. The van der Waals surface area contributed by atoms with Gasteiger partial charge in [0.2, 0.25) is 5.91 Å². The Labute approximate surface area is 107 Å². The van der Waals surface area contributed by atoms with Crippen molar-refractivity contribution < 1.29 is 13.2 Å². The lowest BCUT2D eigenvalue weighted by Crippen LogP contribution is -2.25. The fourth-order valence-electron chi connectivity index (χ4n) is 1.41. The first kappa shape index (κ1) is 14.7. The van der Waals surface area contributed by atoms with Gasteiger partial charge in [0.05, 0.1) is 5.75 Å². The van der Waals surface area contributed by atoms with Gasteiger partial charge in [0.1, 0.15) is 5.75 Å². The van der Waals surface area contributed by atoms with Crippen molar-refractivity contribution in [3.8, 4) is 0 Å². The van der Waals surface area contributed by atoms with Gasteiger partial charge < -0.3 is 11.1 Å². The van der Waals surface area contributed by atoms with Crippen molar-refractivity contribution in [2.45, 2.75) is 13.3 Å². The van der Waals surface area contributed by atoms with Crippen molar-refractivity contribution >= 4 is 21.4 Å². The minimum atomic E-state index is -3.36. The zero-order valence-corrected chi connectivity index (χ0v) is 11.2.